The molecule has 0 bridgehead atoms. The summed E-state index contributed by atoms with van der Waals surface area (Å²) in [5.41, 5.74) is 0.737. The highest BCUT2D eigenvalue weighted by atomic mass is 31.0. The van der Waals surface area contributed by atoms with Gasteiger partial charge >= 0.3 is 0 Å². The molecule has 0 saturated carbocycles. The average Bonchev–Trinajstić information content (AvgIpc) is 2.72. The molecule has 0 amide bonds. The summed E-state index contributed by atoms with van der Waals surface area (Å²) in [7, 11) is 2.64. The van der Waals surface area contributed by atoms with Crippen molar-refractivity contribution in [3.63, 3.8) is 0 Å². The van der Waals surface area contributed by atoms with E-state index in [2.05, 4.69) is 14.2 Å². The first kappa shape index (κ1) is 15.7. The molecule has 1 unspecified atom stereocenters. The van der Waals surface area contributed by atoms with Crippen LogP contribution in [0.25, 0.3) is 17.8 Å². The van der Waals surface area contributed by atoms with Crippen molar-refractivity contribution in [1.82, 2.24) is 9.55 Å². The molecule has 4 nitrogen and oxygen atoms in total. The van der Waals surface area contributed by atoms with Gasteiger partial charge in [-0.25, -0.2) is 4.98 Å². The lowest BCUT2D eigenvalue weighted by molar-refractivity contribution is 0.247. The Bertz CT molecular complexity index is 941. The Morgan fingerprint density at radius 3 is 2.70 bits per heavy atom. The summed E-state index contributed by atoms with van der Waals surface area (Å²) in [5.74, 6) is 1.40. The summed E-state index contributed by atoms with van der Waals surface area (Å²) in [6.45, 7) is 4.35. The van der Waals surface area contributed by atoms with Crippen molar-refractivity contribution in [3.05, 3.63) is 62.8 Å². The van der Waals surface area contributed by atoms with Gasteiger partial charge in [-0.2, -0.15) is 0 Å². The lowest BCUT2D eigenvalue weighted by atomic mass is 10.3. The van der Waals surface area contributed by atoms with Crippen molar-refractivity contribution >= 4 is 26.7 Å². The maximum atomic E-state index is 13.0. The topological polar surface area (TPSA) is 44.1 Å². The minimum atomic E-state index is -0.0761. The standard InChI is InChI=1S/C18H19N2O2P/c1-3-22-14-5-4-6-17-16(11-14)18(21)20(12(2)19-17)13-7-9-15(23)10-8-13/h5-11H,3-4,23H2,1-2H3. The molecule has 1 atom stereocenters. The van der Waals surface area contributed by atoms with Crippen molar-refractivity contribution in [2.45, 2.75) is 20.3 Å². The molecule has 1 aromatic carbocycles. The van der Waals surface area contributed by atoms with Crippen molar-refractivity contribution in [2.24, 2.45) is 0 Å². The number of rotatable bonds is 3. The number of ether oxygens (including phenoxy) is 1. The third-order valence-electron chi connectivity index (χ3n) is 3.69. The van der Waals surface area contributed by atoms with Crippen molar-refractivity contribution in [1.29, 1.82) is 0 Å². The number of fused-ring (bicyclic) bond motifs is 1. The van der Waals surface area contributed by atoms with Crippen LogP contribution in [0.3, 0.4) is 0 Å². The number of allylic oxidation sites excluding steroid dienone is 2. The monoisotopic (exact) mass is 326 g/mol. The van der Waals surface area contributed by atoms with E-state index in [1.165, 1.54) is 0 Å². The molecule has 0 N–H and O–H groups in total. The molecule has 118 valence electrons. The Kier molecular flexibility index (Phi) is 4.44. The predicted molar refractivity (Wildman–Crippen MR) is 96.4 cm³/mol. The van der Waals surface area contributed by atoms with Crippen LogP contribution in [0, 0.1) is 6.92 Å². The van der Waals surface area contributed by atoms with Crippen molar-refractivity contribution in [3.8, 4) is 5.69 Å². The van der Waals surface area contributed by atoms with Gasteiger partial charge in [0.2, 0.25) is 0 Å². The zero-order chi connectivity index (χ0) is 16.4. The molecule has 0 aliphatic heterocycles. The van der Waals surface area contributed by atoms with E-state index in [0.717, 1.165) is 22.1 Å². The fraction of sp³-hybridized carbons (Fsp3) is 0.222. The van der Waals surface area contributed by atoms with Crippen LogP contribution in [0.2, 0.25) is 0 Å². The van der Waals surface area contributed by atoms with Crippen molar-refractivity contribution < 1.29 is 4.74 Å². The SMILES string of the molecule is CCOC1=CCC=c2nc(C)n(-c3ccc(P)cc3)c(=O)c2=C1. The molecular formula is C18H19N2O2P. The molecule has 2 aromatic rings. The highest BCUT2D eigenvalue weighted by Crippen LogP contribution is 2.06. The summed E-state index contributed by atoms with van der Waals surface area (Å²) >= 11 is 0. The van der Waals surface area contributed by atoms with Gasteiger partial charge in [-0.1, -0.05) is 18.2 Å². The molecule has 0 spiro atoms. The van der Waals surface area contributed by atoms with E-state index < -0.39 is 0 Å². The minimum Gasteiger partial charge on any atom is -0.494 e. The van der Waals surface area contributed by atoms with Crippen molar-refractivity contribution in [2.75, 3.05) is 6.61 Å². The van der Waals surface area contributed by atoms with Gasteiger partial charge in [0, 0.05) is 0 Å². The second-order valence-corrected chi connectivity index (χ2v) is 5.98. The first-order valence-corrected chi connectivity index (χ1v) is 8.18. The predicted octanol–water partition coefficient (Wildman–Crippen LogP) is 0.926. The van der Waals surface area contributed by atoms with Crippen LogP contribution < -0.4 is 21.4 Å². The quantitative estimate of drug-likeness (QED) is 0.788. The van der Waals surface area contributed by atoms with E-state index in [4.69, 9.17) is 4.74 Å². The van der Waals surface area contributed by atoms with E-state index in [9.17, 15) is 4.79 Å². The lowest BCUT2D eigenvalue weighted by Gasteiger charge is -2.10. The summed E-state index contributed by atoms with van der Waals surface area (Å²) < 4.78 is 7.21. The van der Waals surface area contributed by atoms with Gasteiger partial charge in [0.15, 0.2) is 0 Å². The molecule has 1 aliphatic carbocycles. The highest BCUT2D eigenvalue weighted by Gasteiger charge is 2.09. The van der Waals surface area contributed by atoms with Crippen LogP contribution in [0.1, 0.15) is 19.2 Å². The number of aryl methyl sites for hydroxylation is 1. The fourth-order valence-corrected chi connectivity index (χ4v) is 2.83. The Balaban J connectivity index is 2.28. The van der Waals surface area contributed by atoms with Gasteiger partial charge in [-0.15, -0.1) is 9.24 Å². The van der Waals surface area contributed by atoms with Crippen LogP contribution in [0.4, 0.5) is 0 Å². The molecular weight excluding hydrogens is 307 g/mol. The zero-order valence-corrected chi connectivity index (χ0v) is 14.4. The van der Waals surface area contributed by atoms with Gasteiger partial charge in [0.25, 0.3) is 5.56 Å². The van der Waals surface area contributed by atoms with Crippen LogP contribution in [-0.4, -0.2) is 16.2 Å². The maximum Gasteiger partial charge on any atom is 0.266 e. The van der Waals surface area contributed by atoms with Gasteiger partial charge in [0.1, 0.15) is 11.6 Å². The Morgan fingerprint density at radius 1 is 1.26 bits per heavy atom. The molecule has 23 heavy (non-hydrogen) atoms. The summed E-state index contributed by atoms with van der Waals surface area (Å²) in [5, 5.41) is 2.36. The molecule has 1 aromatic heterocycles. The van der Waals surface area contributed by atoms with E-state index in [0.29, 0.717) is 24.1 Å². The lowest BCUT2D eigenvalue weighted by Crippen LogP contribution is -2.47. The number of hydrogen-bond donors (Lipinski definition) is 0. The third kappa shape index (κ3) is 3.13. The molecule has 5 heteroatoms. The highest BCUT2D eigenvalue weighted by molar-refractivity contribution is 7.27. The minimum absolute atomic E-state index is 0.0761. The molecule has 0 radical (unpaired) electrons. The second kappa shape index (κ2) is 6.51. The largest absolute Gasteiger partial charge is 0.494 e. The van der Waals surface area contributed by atoms with E-state index in [-0.39, 0.29) is 5.56 Å². The molecule has 0 fully saturated rings. The average molecular weight is 326 g/mol. The third-order valence-corrected chi connectivity index (χ3v) is 4.08. The maximum absolute atomic E-state index is 13.0. The first-order valence-electron chi connectivity index (χ1n) is 7.60. The number of hydrogen-bond acceptors (Lipinski definition) is 3. The van der Waals surface area contributed by atoms with Crippen LogP contribution in [0.15, 0.2) is 40.9 Å². The number of nitrogens with zero attached hydrogens (tertiary/aromatic N) is 2. The Hall–Kier alpha value is -2.19. The van der Waals surface area contributed by atoms with Gasteiger partial charge in [-0.3, -0.25) is 9.36 Å². The normalized spacial score (nSPS) is 13.3. The fourth-order valence-electron chi connectivity index (χ4n) is 2.64. The van der Waals surface area contributed by atoms with E-state index in [1.54, 1.807) is 10.6 Å². The van der Waals surface area contributed by atoms with Crippen LogP contribution in [-0.2, 0) is 4.74 Å². The summed E-state index contributed by atoms with van der Waals surface area (Å²) in [4.78, 5) is 17.6. The zero-order valence-electron chi connectivity index (χ0n) is 13.2. The van der Waals surface area contributed by atoms with Crippen LogP contribution in [0.5, 0.6) is 0 Å². The Morgan fingerprint density at radius 2 is 2.00 bits per heavy atom. The van der Waals surface area contributed by atoms with E-state index in [1.807, 2.05) is 50.3 Å². The Labute approximate surface area is 137 Å². The molecule has 1 aliphatic rings. The van der Waals surface area contributed by atoms with Crippen LogP contribution >= 0.6 is 9.24 Å². The number of aromatic nitrogens is 2. The first-order chi connectivity index (χ1) is 11.1. The van der Waals surface area contributed by atoms with E-state index >= 15 is 0 Å². The van der Waals surface area contributed by atoms with Gasteiger partial charge in [0.05, 0.1) is 22.9 Å². The summed E-state index contributed by atoms with van der Waals surface area (Å²) in [6.07, 6.45) is 6.42. The number of benzene rings is 1. The van der Waals surface area contributed by atoms with Gasteiger partial charge in [-0.05, 0) is 49.9 Å². The molecule has 0 saturated heterocycles. The molecule has 3 rings (SSSR count). The second-order valence-electron chi connectivity index (χ2n) is 5.31. The smallest absolute Gasteiger partial charge is 0.266 e. The van der Waals surface area contributed by atoms with Gasteiger partial charge < -0.3 is 4.74 Å². The molecule has 1 heterocycles. The summed E-state index contributed by atoms with van der Waals surface area (Å²) in [6, 6.07) is 7.76.